The summed E-state index contributed by atoms with van der Waals surface area (Å²) in [4.78, 5) is 6.59. The number of hydrogen-bond donors (Lipinski definition) is 1. The highest BCUT2D eigenvalue weighted by atomic mass is 16.5. The van der Waals surface area contributed by atoms with Gasteiger partial charge in [-0.25, -0.2) is 0 Å². The number of nitrogens with zero attached hydrogens (tertiary/aromatic N) is 2. The topological polar surface area (TPSA) is 46.1 Å². The van der Waals surface area contributed by atoms with Crippen LogP contribution in [0, 0.1) is 5.92 Å². The van der Waals surface area contributed by atoms with E-state index in [9.17, 15) is 0 Å². The van der Waals surface area contributed by atoms with Gasteiger partial charge in [-0.15, -0.1) is 0 Å². The highest BCUT2D eigenvalue weighted by molar-refractivity contribution is 5.85. The van der Waals surface area contributed by atoms with Gasteiger partial charge in [0.25, 0.3) is 0 Å². The minimum Gasteiger partial charge on any atom is -0.497 e. The molecule has 25 heavy (non-hydrogen) atoms. The quantitative estimate of drug-likeness (QED) is 0.671. The van der Waals surface area contributed by atoms with Crippen molar-refractivity contribution in [2.75, 3.05) is 41.0 Å². The highest BCUT2D eigenvalue weighted by Crippen LogP contribution is 2.22. The predicted octanol–water partition coefficient (Wildman–Crippen LogP) is 2.89. The molecule has 1 fully saturated rings. The van der Waals surface area contributed by atoms with Gasteiger partial charge in [0.05, 0.1) is 13.7 Å². The molecule has 134 valence electrons. The first-order chi connectivity index (χ1) is 12.2. The second-order valence-electron chi connectivity index (χ2n) is 6.56. The number of benzene rings is 2. The summed E-state index contributed by atoms with van der Waals surface area (Å²) in [7, 11) is 5.61. The van der Waals surface area contributed by atoms with Crippen molar-refractivity contribution >= 4 is 16.7 Å². The van der Waals surface area contributed by atoms with Crippen molar-refractivity contribution in [3.63, 3.8) is 0 Å². The summed E-state index contributed by atoms with van der Waals surface area (Å²) < 4.78 is 10.7. The smallest absolute Gasteiger partial charge is 0.193 e. The molecular weight excluding hydrogens is 314 g/mol. The third-order valence-corrected chi connectivity index (χ3v) is 4.69. The molecule has 0 aliphatic carbocycles. The third-order valence-electron chi connectivity index (χ3n) is 4.69. The van der Waals surface area contributed by atoms with Crippen LogP contribution in [0.3, 0.4) is 0 Å². The SMILES string of the molecule is CN=C(NCc1ccc2cc(OC)ccc2c1)N(C)CC1CCOC1. The predicted molar refractivity (Wildman–Crippen MR) is 102 cm³/mol. The first-order valence-corrected chi connectivity index (χ1v) is 8.76. The summed E-state index contributed by atoms with van der Waals surface area (Å²) in [5.41, 5.74) is 1.23. The maximum atomic E-state index is 5.46. The Morgan fingerprint density at radius 3 is 2.80 bits per heavy atom. The number of nitrogens with one attached hydrogen (secondary N) is 1. The third kappa shape index (κ3) is 4.42. The molecule has 2 aromatic rings. The fourth-order valence-electron chi connectivity index (χ4n) is 3.28. The zero-order valence-corrected chi connectivity index (χ0v) is 15.3. The molecule has 0 radical (unpaired) electrons. The molecule has 1 unspecified atom stereocenters. The zero-order valence-electron chi connectivity index (χ0n) is 15.3. The van der Waals surface area contributed by atoms with E-state index in [1.165, 1.54) is 16.3 Å². The van der Waals surface area contributed by atoms with E-state index in [2.05, 4.69) is 52.6 Å². The molecule has 1 N–H and O–H groups in total. The number of rotatable bonds is 5. The van der Waals surface area contributed by atoms with E-state index in [1.807, 2.05) is 13.1 Å². The Bertz CT molecular complexity index is 739. The number of aliphatic imine (C=N–C) groups is 1. The Morgan fingerprint density at radius 2 is 2.08 bits per heavy atom. The Hall–Kier alpha value is -2.27. The lowest BCUT2D eigenvalue weighted by molar-refractivity contribution is 0.181. The minimum absolute atomic E-state index is 0.596. The lowest BCUT2D eigenvalue weighted by atomic mass is 10.1. The molecule has 1 atom stereocenters. The summed E-state index contributed by atoms with van der Waals surface area (Å²) >= 11 is 0. The van der Waals surface area contributed by atoms with Gasteiger partial charge in [0.2, 0.25) is 0 Å². The molecule has 1 aliphatic rings. The molecule has 3 rings (SSSR count). The van der Waals surface area contributed by atoms with Crippen molar-refractivity contribution in [2.24, 2.45) is 10.9 Å². The van der Waals surface area contributed by atoms with E-state index in [0.717, 1.165) is 44.4 Å². The summed E-state index contributed by atoms with van der Waals surface area (Å²) in [6.45, 7) is 3.46. The molecule has 1 heterocycles. The van der Waals surface area contributed by atoms with E-state index >= 15 is 0 Å². The van der Waals surface area contributed by atoms with Crippen LogP contribution in [-0.2, 0) is 11.3 Å². The number of fused-ring (bicyclic) bond motifs is 1. The van der Waals surface area contributed by atoms with E-state index < -0.39 is 0 Å². The molecular formula is C20H27N3O2. The largest absolute Gasteiger partial charge is 0.497 e. The van der Waals surface area contributed by atoms with Gasteiger partial charge < -0.3 is 19.7 Å². The number of methoxy groups -OCH3 is 1. The molecule has 5 heteroatoms. The van der Waals surface area contributed by atoms with Crippen LogP contribution >= 0.6 is 0 Å². The van der Waals surface area contributed by atoms with Crippen LogP contribution in [0.15, 0.2) is 41.4 Å². The maximum Gasteiger partial charge on any atom is 0.193 e. The summed E-state index contributed by atoms with van der Waals surface area (Å²) in [6.07, 6.45) is 1.13. The standard InChI is InChI=1S/C20H27N3O2/c1-21-20(23(2)13-16-8-9-25-14-16)22-12-15-4-5-18-11-19(24-3)7-6-17(18)10-15/h4-7,10-11,16H,8-9,12-14H2,1-3H3,(H,21,22). The van der Waals surface area contributed by atoms with E-state index in [1.54, 1.807) is 7.11 Å². The second-order valence-corrected chi connectivity index (χ2v) is 6.56. The molecule has 0 amide bonds. The number of ether oxygens (including phenoxy) is 2. The molecule has 0 spiro atoms. The fraction of sp³-hybridized carbons (Fsp3) is 0.450. The Balaban J connectivity index is 1.61. The maximum absolute atomic E-state index is 5.46. The summed E-state index contributed by atoms with van der Waals surface area (Å²) in [6, 6.07) is 12.6. The average molecular weight is 341 g/mol. The van der Waals surface area contributed by atoms with Gasteiger partial charge in [-0.2, -0.15) is 0 Å². The zero-order chi connectivity index (χ0) is 17.6. The number of hydrogen-bond acceptors (Lipinski definition) is 3. The van der Waals surface area contributed by atoms with Crippen LogP contribution in [0.5, 0.6) is 5.75 Å². The lowest BCUT2D eigenvalue weighted by Crippen LogP contribution is -2.41. The van der Waals surface area contributed by atoms with Crippen molar-refractivity contribution in [2.45, 2.75) is 13.0 Å². The van der Waals surface area contributed by atoms with Crippen LogP contribution in [-0.4, -0.2) is 51.8 Å². The van der Waals surface area contributed by atoms with Crippen LogP contribution in [0.1, 0.15) is 12.0 Å². The van der Waals surface area contributed by atoms with Crippen molar-refractivity contribution < 1.29 is 9.47 Å². The Labute approximate surface area is 149 Å². The van der Waals surface area contributed by atoms with Gasteiger partial charge in [-0.3, -0.25) is 4.99 Å². The monoisotopic (exact) mass is 341 g/mol. The Kier molecular flexibility index (Phi) is 5.76. The fourth-order valence-corrected chi connectivity index (χ4v) is 3.28. The Morgan fingerprint density at radius 1 is 1.28 bits per heavy atom. The van der Waals surface area contributed by atoms with Crippen LogP contribution in [0.2, 0.25) is 0 Å². The van der Waals surface area contributed by atoms with Gasteiger partial charge in [0.1, 0.15) is 5.75 Å². The van der Waals surface area contributed by atoms with Crippen molar-refractivity contribution in [1.29, 1.82) is 0 Å². The first-order valence-electron chi connectivity index (χ1n) is 8.76. The van der Waals surface area contributed by atoms with E-state index in [4.69, 9.17) is 9.47 Å². The molecule has 2 aromatic carbocycles. The van der Waals surface area contributed by atoms with Crippen molar-refractivity contribution in [3.8, 4) is 5.75 Å². The van der Waals surface area contributed by atoms with Crippen LogP contribution < -0.4 is 10.1 Å². The van der Waals surface area contributed by atoms with E-state index in [0.29, 0.717) is 5.92 Å². The normalized spacial score (nSPS) is 17.7. The van der Waals surface area contributed by atoms with Gasteiger partial charge in [0.15, 0.2) is 5.96 Å². The van der Waals surface area contributed by atoms with Gasteiger partial charge >= 0.3 is 0 Å². The van der Waals surface area contributed by atoms with Crippen molar-refractivity contribution in [1.82, 2.24) is 10.2 Å². The molecule has 1 aliphatic heterocycles. The first kappa shape index (κ1) is 17.5. The molecule has 0 aromatic heterocycles. The summed E-state index contributed by atoms with van der Waals surface area (Å²) in [5.74, 6) is 2.40. The van der Waals surface area contributed by atoms with Crippen LogP contribution in [0.25, 0.3) is 10.8 Å². The van der Waals surface area contributed by atoms with Crippen LogP contribution in [0.4, 0.5) is 0 Å². The van der Waals surface area contributed by atoms with Gasteiger partial charge in [-0.05, 0) is 41.0 Å². The second kappa shape index (κ2) is 8.21. The number of guanidine groups is 1. The molecule has 5 nitrogen and oxygen atoms in total. The minimum atomic E-state index is 0.596. The highest BCUT2D eigenvalue weighted by Gasteiger charge is 2.18. The summed E-state index contributed by atoms with van der Waals surface area (Å²) in [5, 5.41) is 5.86. The molecule has 1 saturated heterocycles. The van der Waals surface area contributed by atoms with Gasteiger partial charge in [-0.1, -0.05) is 18.2 Å². The molecule has 0 bridgehead atoms. The van der Waals surface area contributed by atoms with E-state index in [-0.39, 0.29) is 0 Å². The molecule has 0 saturated carbocycles. The lowest BCUT2D eigenvalue weighted by Gasteiger charge is -2.24. The van der Waals surface area contributed by atoms with Crippen molar-refractivity contribution in [3.05, 3.63) is 42.0 Å². The average Bonchev–Trinajstić information content (AvgIpc) is 3.14. The van der Waals surface area contributed by atoms with Gasteiger partial charge in [0, 0.05) is 39.7 Å².